The highest BCUT2D eigenvalue weighted by Crippen LogP contribution is 2.21. The summed E-state index contributed by atoms with van der Waals surface area (Å²) in [6.07, 6.45) is 47.7. The van der Waals surface area contributed by atoms with E-state index in [-0.39, 0.29) is 12.2 Å². The molecule has 0 bridgehead atoms. The number of benzene rings is 1. The van der Waals surface area contributed by atoms with Gasteiger partial charge in [-0.1, -0.05) is 184 Å². The number of ether oxygens (including phenoxy) is 2. The van der Waals surface area contributed by atoms with Crippen LogP contribution in [0, 0.1) is 0 Å². The van der Waals surface area contributed by atoms with E-state index in [1.165, 1.54) is 185 Å². The summed E-state index contributed by atoms with van der Waals surface area (Å²) in [6, 6.07) is 10.9. The quantitative estimate of drug-likeness (QED) is 0.0516. The minimum absolute atomic E-state index is 0.205. The van der Waals surface area contributed by atoms with Gasteiger partial charge in [0.2, 0.25) is 0 Å². The van der Waals surface area contributed by atoms with Crippen molar-refractivity contribution in [1.29, 1.82) is 0 Å². The van der Waals surface area contributed by atoms with E-state index in [1.54, 1.807) is 0 Å². The lowest BCUT2D eigenvalue weighted by Gasteiger charge is -2.20. The molecule has 1 aliphatic heterocycles. The molecule has 1 saturated heterocycles. The molecule has 0 saturated carbocycles. The molecule has 50 heavy (non-hydrogen) atoms. The van der Waals surface area contributed by atoms with Crippen molar-refractivity contribution in [3.63, 3.8) is 0 Å². The molecule has 3 nitrogen and oxygen atoms in total. The fourth-order valence-corrected chi connectivity index (χ4v) is 7.28. The third-order valence-electron chi connectivity index (χ3n) is 10.5. The fraction of sp³-hybridized carbons (Fsp3) is 0.787. The van der Waals surface area contributed by atoms with Crippen molar-refractivity contribution in [3.05, 3.63) is 60.2 Å². The van der Waals surface area contributed by atoms with Crippen molar-refractivity contribution in [2.75, 3.05) is 26.3 Å². The van der Waals surface area contributed by atoms with Crippen LogP contribution < -0.4 is 0 Å². The molecule has 0 amide bonds. The minimum atomic E-state index is 0.205. The van der Waals surface area contributed by atoms with Gasteiger partial charge in [0.05, 0.1) is 12.2 Å². The Morgan fingerprint density at radius 3 is 1.18 bits per heavy atom. The van der Waals surface area contributed by atoms with Crippen LogP contribution in [0.15, 0.2) is 54.6 Å². The first-order valence-electron chi connectivity index (χ1n) is 22.1. The summed E-state index contributed by atoms with van der Waals surface area (Å²) in [5.74, 6) is 0. The largest absolute Gasteiger partial charge is 0.374 e. The lowest BCUT2D eigenvalue weighted by molar-refractivity contribution is -0.0481. The summed E-state index contributed by atoms with van der Waals surface area (Å²) in [4.78, 5) is 2.54. The second-order valence-corrected chi connectivity index (χ2v) is 15.4. The van der Waals surface area contributed by atoms with E-state index in [0.717, 1.165) is 32.8 Å². The zero-order valence-electron chi connectivity index (χ0n) is 33.4. The van der Waals surface area contributed by atoms with Crippen LogP contribution in [0.5, 0.6) is 0 Å². The van der Waals surface area contributed by atoms with E-state index in [0.29, 0.717) is 0 Å². The van der Waals surface area contributed by atoms with Crippen LogP contribution in [0.1, 0.15) is 199 Å². The topological polar surface area (TPSA) is 21.7 Å². The summed E-state index contributed by atoms with van der Waals surface area (Å²) in [5.41, 5.74) is 1.38. The SMILES string of the molecule is CCCCCCCC/C=C\CCCCCCCCO[C@@H]1CN(Cc2ccccc2)C[C@H]1OCCCCCCCC/C=C\CCCCCCCC. The van der Waals surface area contributed by atoms with E-state index in [9.17, 15) is 0 Å². The molecule has 1 heterocycles. The third-order valence-corrected chi connectivity index (χ3v) is 10.5. The van der Waals surface area contributed by atoms with Crippen molar-refractivity contribution >= 4 is 0 Å². The van der Waals surface area contributed by atoms with Crippen molar-refractivity contribution in [1.82, 2.24) is 4.90 Å². The molecule has 0 radical (unpaired) electrons. The van der Waals surface area contributed by atoms with Crippen LogP contribution in [0.4, 0.5) is 0 Å². The fourth-order valence-electron chi connectivity index (χ4n) is 7.28. The predicted molar refractivity (Wildman–Crippen MR) is 220 cm³/mol. The highest BCUT2D eigenvalue weighted by molar-refractivity contribution is 5.14. The summed E-state index contributed by atoms with van der Waals surface area (Å²) in [7, 11) is 0. The zero-order chi connectivity index (χ0) is 35.4. The van der Waals surface area contributed by atoms with E-state index >= 15 is 0 Å². The van der Waals surface area contributed by atoms with Crippen LogP contribution in [-0.2, 0) is 16.0 Å². The van der Waals surface area contributed by atoms with Gasteiger partial charge in [-0.2, -0.15) is 0 Å². The Bertz CT molecular complexity index is 830. The van der Waals surface area contributed by atoms with Crippen LogP contribution >= 0.6 is 0 Å². The summed E-state index contributed by atoms with van der Waals surface area (Å²) in [5, 5.41) is 0. The Balaban J connectivity index is 1.49. The van der Waals surface area contributed by atoms with Gasteiger partial charge in [-0.25, -0.2) is 0 Å². The molecule has 1 aromatic rings. The Morgan fingerprint density at radius 1 is 0.460 bits per heavy atom. The summed E-state index contributed by atoms with van der Waals surface area (Å²) < 4.78 is 13.0. The van der Waals surface area contributed by atoms with Gasteiger partial charge in [-0.3, -0.25) is 4.90 Å². The number of unbranched alkanes of at least 4 members (excludes halogenated alkanes) is 24. The molecule has 2 atom stereocenters. The van der Waals surface area contributed by atoms with Crippen molar-refractivity contribution in [2.45, 2.75) is 212 Å². The third kappa shape index (κ3) is 26.4. The average molecular weight is 694 g/mol. The maximum atomic E-state index is 6.50. The summed E-state index contributed by atoms with van der Waals surface area (Å²) >= 11 is 0. The molecule has 1 aliphatic rings. The van der Waals surface area contributed by atoms with Gasteiger partial charge in [-0.15, -0.1) is 0 Å². The predicted octanol–water partition coefficient (Wildman–Crippen LogP) is 14.3. The minimum Gasteiger partial charge on any atom is -0.374 e. The highest BCUT2D eigenvalue weighted by atomic mass is 16.5. The van der Waals surface area contributed by atoms with Gasteiger partial charge in [0.1, 0.15) is 0 Å². The maximum Gasteiger partial charge on any atom is 0.0975 e. The van der Waals surface area contributed by atoms with Gasteiger partial charge >= 0.3 is 0 Å². The van der Waals surface area contributed by atoms with Gasteiger partial charge in [-0.05, 0) is 69.8 Å². The van der Waals surface area contributed by atoms with E-state index < -0.39 is 0 Å². The molecule has 0 aromatic heterocycles. The standard InChI is InChI=1S/C47H83NO2/c1-3-5-7-9-11-13-15-17-19-21-23-25-27-29-31-36-40-49-46-43-48(42-45-38-34-33-35-39-45)44-47(46)50-41-37-32-30-28-26-24-22-20-18-16-14-12-10-8-6-4-2/h17-20,33-35,38-39,46-47H,3-16,21-32,36-37,40-44H2,1-2H3/b19-17-,20-18-/t46-,47-/m1/s1. The monoisotopic (exact) mass is 694 g/mol. The van der Waals surface area contributed by atoms with Crippen molar-refractivity contribution < 1.29 is 9.47 Å². The normalized spacial score (nSPS) is 16.8. The van der Waals surface area contributed by atoms with Crippen LogP contribution in [-0.4, -0.2) is 43.4 Å². The van der Waals surface area contributed by atoms with E-state index in [1.807, 2.05) is 0 Å². The number of allylic oxidation sites excluding steroid dienone is 4. The van der Waals surface area contributed by atoms with E-state index in [2.05, 4.69) is 73.4 Å². The number of rotatable bonds is 36. The van der Waals surface area contributed by atoms with Crippen molar-refractivity contribution in [2.24, 2.45) is 0 Å². The molecule has 2 rings (SSSR count). The Labute approximate surface area is 312 Å². The molecular weight excluding hydrogens is 611 g/mol. The van der Waals surface area contributed by atoms with Gasteiger partial charge in [0.25, 0.3) is 0 Å². The number of hydrogen-bond donors (Lipinski definition) is 0. The van der Waals surface area contributed by atoms with Crippen LogP contribution in [0.2, 0.25) is 0 Å². The lowest BCUT2D eigenvalue weighted by Crippen LogP contribution is -2.30. The first-order valence-corrected chi connectivity index (χ1v) is 22.1. The molecule has 288 valence electrons. The van der Waals surface area contributed by atoms with Crippen LogP contribution in [0.3, 0.4) is 0 Å². The van der Waals surface area contributed by atoms with Crippen LogP contribution in [0.25, 0.3) is 0 Å². The first-order chi connectivity index (χ1) is 24.8. The molecule has 0 N–H and O–H groups in total. The summed E-state index contributed by atoms with van der Waals surface area (Å²) in [6.45, 7) is 9.29. The molecular formula is C47H83NO2. The Hall–Kier alpha value is -1.42. The molecule has 3 heteroatoms. The van der Waals surface area contributed by atoms with E-state index in [4.69, 9.17) is 9.47 Å². The number of likely N-dealkylation sites (tertiary alicyclic amines) is 1. The van der Waals surface area contributed by atoms with Gasteiger partial charge < -0.3 is 9.47 Å². The molecule has 1 fully saturated rings. The molecule has 0 aliphatic carbocycles. The smallest absolute Gasteiger partial charge is 0.0975 e. The second-order valence-electron chi connectivity index (χ2n) is 15.4. The van der Waals surface area contributed by atoms with Gasteiger partial charge in [0.15, 0.2) is 0 Å². The second kappa shape index (κ2) is 34.7. The molecule has 1 aromatic carbocycles. The average Bonchev–Trinajstić information content (AvgIpc) is 3.51. The van der Waals surface area contributed by atoms with Crippen molar-refractivity contribution in [3.8, 4) is 0 Å². The number of nitrogens with zero attached hydrogens (tertiary/aromatic N) is 1. The zero-order valence-corrected chi connectivity index (χ0v) is 33.4. The maximum absolute atomic E-state index is 6.50. The highest BCUT2D eigenvalue weighted by Gasteiger charge is 2.34. The first kappa shape index (κ1) is 44.7. The number of hydrogen-bond acceptors (Lipinski definition) is 3. The Kier molecular flexibility index (Phi) is 31.0. The Morgan fingerprint density at radius 2 is 0.800 bits per heavy atom. The molecule has 0 unspecified atom stereocenters. The van der Waals surface area contributed by atoms with Gasteiger partial charge in [0, 0.05) is 32.8 Å². The molecule has 0 spiro atoms. The lowest BCUT2D eigenvalue weighted by atomic mass is 10.1.